The van der Waals surface area contributed by atoms with Crippen molar-refractivity contribution in [2.75, 3.05) is 33.2 Å². The molecule has 0 fully saturated rings. The van der Waals surface area contributed by atoms with Crippen LogP contribution in [0.15, 0.2) is 0 Å². The molecule has 3 heteroatoms. The molecule has 106 valence electrons. The Balaban J connectivity index is 2.60. The van der Waals surface area contributed by atoms with Gasteiger partial charge in [0.25, 0.3) is 5.84 Å². The van der Waals surface area contributed by atoms with Gasteiger partial charge in [-0.2, -0.15) is 0 Å². The van der Waals surface area contributed by atoms with Crippen LogP contribution in [0.25, 0.3) is 0 Å². The zero-order valence-electron chi connectivity index (χ0n) is 12.8. The van der Waals surface area contributed by atoms with Crippen molar-refractivity contribution in [3.63, 3.8) is 0 Å². The van der Waals surface area contributed by atoms with Gasteiger partial charge in [-0.05, 0) is 20.3 Å². The molecule has 0 atom stereocenters. The smallest absolute Gasteiger partial charge is 0.252 e. The first kappa shape index (κ1) is 15.5. The second-order valence-corrected chi connectivity index (χ2v) is 6.22. The predicted molar refractivity (Wildman–Crippen MR) is 79.2 cm³/mol. The lowest BCUT2D eigenvalue weighted by molar-refractivity contribution is -0.490. The van der Waals surface area contributed by atoms with Gasteiger partial charge in [-0.15, -0.1) is 0 Å². The average Bonchev–Trinajstić information content (AvgIpc) is 2.67. The van der Waals surface area contributed by atoms with E-state index < -0.39 is 0 Å². The van der Waals surface area contributed by atoms with Crippen LogP contribution in [0.3, 0.4) is 0 Å². The van der Waals surface area contributed by atoms with E-state index >= 15 is 0 Å². The number of hydrogen-bond donors (Lipinski definition) is 1. The monoisotopic (exact) mass is 254 g/mol. The van der Waals surface area contributed by atoms with Gasteiger partial charge in [-0.3, -0.25) is 9.48 Å². The Bertz CT molecular complexity index is 281. The molecule has 0 aliphatic carbocycles. The third-order valence-corrected chi connectivity index (χ3v) is 4.03. The van der Waals surface area contributed by atoms with E-state index in [2.05, 4.69) is 37.3 Å². The van der Waals surface area contributed by atoms with Gasteiger partial charge in [0.05, 0.1) is 19.0 Å². The SMILES string of the molecule is CCCCCCC(C)(C)C1=[N+](C)CCN1CCN. The maximum absolute atomic E-state index is 5.73. The number of hydrogen-bond acceptors (Lipinski definition) is 2. The lowest BCUT2D eigenvalue weighted by Gasteiger charge is -2.27. The summed E-state index contributed by atoms with van der Waals surface area (Å²) < 4.78 is 2.43. The third kappa shape index (κ3) is 3.98. The average molecular weight is 254 g/mol. The molecule has 0 amide bonds. The van der Waals surface area contributed by atoms with E-state index in [4.69, 9.17) is 5.73 Å². The van der Waals surface area contributed by atoms with E-state index in [1.165, 1.54) is 37.9 Å². The Morgan fingerprint density at radius 2 is 2.00 bits per heavy atom. The summed E-state index contributed by atoms with van der Waals surface area (Å²) in [6, 6.07) is 0. The topological polar surface area (TPSA) is 32.3 Å². The molecule has 1 aliphatic rings. The largest absolute Gasteiger partial charge is 0.327 e. The lowest BCUT2D eigenvalue weighted by Crippen LogP contribution is -2.42. The van der Waals surface area contributed by atoms with Gasteiger partial charge in [0.1, 0.15) is 13.1 Å². The Morgan fingerprint density at radius 1 is 1.28 bits per heavy atom. The van der Waals surface area contributed by atoms with Crippen LogP contribution in [-0.4, -0.2) is 48.5 Å². The number of nitrogens with zero attached hydrogens (tertiary/aromatic N) is 2. The van der Waals surface area contributed by atoms with Crippen molar-refractivity contribution in [3.8, 4) is 0 Å². The van der Waals surface area contributed by atoms with Crippen molar-refractivity contribution >= 4 is 5.84 Å². The van der Waals surface area contributed by atoms with Crippen LogP contribution in [0.2, 0.25) is 0 Å². The number of likely N-dealkylation sites (N-methyl/N-ethyl adjacent to an activating group) is 1. The minimum atomic E-state index is 0.286. The van der Waals surface area contributed by atoms with Gasteiger partial charge >= 0.3 is 0 Å². The van der Waals surface area contributed by atoms with Gasteiger partial charge in [0.15, 0.2) is 0 Å². The van der Waals surface area contributed by atoms with Gasteiger partial charge < -0.3 is 5.73 Å². The number of nitrogens with two attached hydrogens (primary N) is 1. The molecule has 1 heterocycles. The summed E-state index contributed by atoms with van der Waals surface area (Å²) in [5, 5.41) is 0. The van der Waals surface area contributed by atoms with E-state index in [0.29, 0.717) is 0 Å². The molecule has 2 N–H and O–H groups in total. The van der Waals surface area contributed by atoms with Gasteiger partial charge in [-0.1, -0.05) is 32.6 Å². The van der Waals surface area contributed by atoms with Crippen LogP contribution in [0.4, 0.5) is 0 Å². The van der Waals surface area contributed by atoms with Crippen molar-refractivity contribution < 1.29 is 4.58 Å². The predicted octanol–water partition coefficient (Wildman–Crippen LogP) is 2.30. The van der Waals surface area contributed by atoms with Crippen LogP contribution in [0.1, 0.15) is 52.9 Å². The molecule has 0 aromatic carbocycles. The summed E-state index contributed by atoms with van der Waals surface area (Å²) in [5.74, 6) is 1.50. The summed E-state index contributed by atoms with van der Waals surface area (Å²) in [4.78, 5) is 2.49. The molecule has 0 spiro atoms. The quantitative estimate of drug-likeness (QED) is 0.532. The normalized spacial score (nSPS) is 16.8. The lowest BCUT2D eigenvalue weighted by atomic mass is 9.84. The van der Waals surface area contributed by atoms with Gasteiger partial charge in [0, 0.05) is 6.54 Å². The fraction of sp³-hybridized carbons (Fsp3) is 0.933. The molecule has 0 saturated heterocycles. The van der Waals surface area contributed by atoms with Crippen molar-refractivity contribution in [3.05, 3.63) is 0 Å². The first-order valence-electron chi connectivity index (χ1n) is 7.56. The maximum atomic E-state index is 5.73. The van der Waals surface area contributed by atoms with Crippen molar-refractivity contribution in [1.82, 2.24) is 4.90 Å². The Labute approximate surface area is 113 Å². The molecular formula is C15H32N3+. The summed E-state index contributed by atoms with van der Waals surface area (Å²) in [5.41, 5.74) is 6.01. The highest BCUT2D eigenvalue weighted by Gasteiger charge is 2.39. The first-order valence-corrected chi connectivity index (χ1v) is 7.56. The molecule has 1 rings (SSSR count). The highest BCUT2D eigenvalue weighted by molar-refractivity contribution is 5.84. The van der Waals surface area contributed by atoms with Gasteiger partial charge in [0.2, 0.25) is 0 Å². The molecule has 1 aliphatic heterocycles. The molecule has 3 nitrogen and oxygen atoms in total. The molecular weight excluding hydrogens is 222 g/mol. The highest BCUT2D eigenvalue weighted by Crippen LogP contribution is 2.29. The molecule has 0 unspecified atom stereocenters. The standard InChI is InChI=1S/C15H32N3/c1-5-6-7-8-9-15(2,3)14-17(4)12-13-18(14)11-10-16/h5-13,16H2,1-4H3/q+1. The maximum Gasteiger partial charge on any atom is 0.252 e. The summed E-state index contributed by atoms with van der Waals surface area (Å²) in [7, 11) is 2.22. The van der Waals surface area contributed by atoms with Crippen LogP contribution in [-0.2, 0) is 0 Å². The van der Waals surface area contributed by atoms with E-state index in [9.17, 15) is 0 Å². The second kappa shape index (κ2) is 7.13. The van der Waals surface area contributed by atoms with Crippen LogP contribution in [0, 0.1) is 5.41 Å². The summed E-state index contributed by atoms with van der Waals surface area (Å²) in [6.07, 6.45) is 6.68. The number of rotatable bonds is 8. The minimum Gasteiger partial charge on any atom is -0.327 e. The zero-order chi connectivity index (χ0) is 13.6. The van der Waals surface area contributed by atoms with E-state index in [0.717, 1.165) is 26.2 Å². The first-order chi connectivity index (χ1) is 8.53. The summed E-state index contributed by atoms with van der Waals surface area (Å²) in [6.45, 7) is 11.1. The third-order valence-electron chi connectivity index (χ3n) is 4.03. The number of amidine groups is 1. The Morgan fingerprint density at radius 3 is 2.61 bits per heavy atom. The fourth-order valence-electron chi connectivity index (χ4n) is 3.15. The van der Waals surface area contributed by atoms with Crippen LogP contribution in [0.5, 0.6) is 0 Å². The van der Waals surface area contributed by atoms with Crippen LogP contribution < -0.4 is 5.73 Å². The number of unbranched alkanes of at least 4 members (excludes halogenated alkanes) is 3. The Kier molecular flexibility index (Phi) is 6.13. The molecule has 0 aromatic rings. The molecule has 0 bridgehead atoms. The van der Waals surface area contributed by atoms with E-state index in [1.807, 2.05) is 0 Å². The van der Waals surface area contributed by atoms with E-state index in [-0.39, 0.29) is 5.41 Å². The Hall–Kier alpha value is -0.570. The van der Waals surface area contributed by atoms with Crippen molar-refractivity contribution in [1.29, 1.82) is 0 Å². The minimum absolute atomic E-state index is 0.286. The van der Waals surface area contributed by atoms with Crippen molar-refractivity contribution in [2.45, 2.75) is 52.9 Å². The second-order valence-electron chi connectivity index (χ2n) is 6.22. The molecule has 0 saturated carbocycles. The zero-order valence-corrected chi connectivity index (χ0v) is 12.8. The van der Waals surface area contributed by atoms with E-state index in [1.54, 1.807) is 0 Å². The molecule has 18 heavy (non-hydrogen) atoms. The molecule has 0 aromatic heterocycles. The van der Waals surface area contributed by atoms with Gasteiger partial charge in [-0.25, -0.2) is 0 Å². The van der Waals surface area contributed by atoms with Crippen LogP contribution >= 0.6 is 0 Å². The molecule has 0 radical (unpaired) electrons. The summed E-state index contributed by atoms with van der Waals surface area (Å²) >= 11 is 0. The highest BCUT2D eigenvalue weighted by atomic mass is 15.3. The fourth-order valence-corrected chi connectivity index (χ4v) is 3.15. The van der Waals surface area contributed by atoms with Crippen molar-refractivity contribution in [2.24, 2.45) is 11.1 Å².